The molecule has 0 spiro atoms. The normalized spacial score (nSPS) is 30.4. The number of thioether (sulfide) groups is 1. The molecule has 1 amide bonds. The van der Waals surface area contributed by atoms with Crippen LogP contribution in [0.2, 0.25) is 0 Å². The first-order valence-corrected chi connectivity index (χ1v) is 13.0. The van der Waals surface area contributed by atoms with Crippen LogP contribution in [0.15, 0.2) is 29.0 Å². The third-order valence-electron chi connectivity index (χ3n) is 7.94. The van der Waals surface area contributed by atoms with Crippen molar-refractivity contribution in [3.05, 3.63) is 45.7 Å². The van der Waals surface area contributed by atoms with Crippen LogP contribution < -0.4 is 5.73 Å². The molecule has 0 bridgehead atoms. The zero-order valence-electron chi connectivity index (χ0n) is 21.5. The second-order valence-electron chi connectivity index (χ2n) is 10.4. The number of rotatable bonds is 5. The first kappa shape index (κ1) is 30.7. The Bertz CT molecular complexity index is 1430. The van der Waals surface area contributed by atoms with Gasteiger partial charge in [-0.1, -0.05) is 24.8 Å². The highest BCUT2D eigenvalue weighted by Gasteiger charge is 2.68. The minimum Gasteiger partial charge on any atom is -0.508 e. The summed E-state index contributed by atoms with van der Waals surface area (Å²) in [5.41, 5.74) is -0.595. The van der Waals surface area contributed by atoms with Crippen LogP contribution in [-0.4, -0.2) is 91.2 Å². The van der Waals surface area contributed by atoms with E-state index in [1.54, 1.807) is 0 Å². The predicted octanol–water partition coefficient (Wildman–Crippen LogP) is 1.88. The molecule has 4 rings (SSSR count). The van der Waals surface area contributed by atoms with Gasteiger partial charge in [0, 0.05) is 17.2 Å². The molecular weight excluding hydrogens is 583 g/mol. The zero-order valence-corrected chi connectivity index (χ0v) is 22.3. The van der Waals surface area contributed by atoms with Gasteiger partial charge in [0.2, 0.25) is 5.78 Å². The Morgan fingerprint density at radius 2 is 1.71 bits per heavy atom. The Kier molecular flexibility index (Phi) is 7.25. The molecule has 224 valence electrons. The quantitative estimate of drug-likeness (QED) is 0.213. The Morgan fingerprint density at radius 1 is 1.12 bits per heavy atom. The summed E-state index contributed by atoms with van der Waals surface area (Å²) < 4.78 is 65.8. The highest BCUT2D eigenvalue weighted by Crippen LogP contribution is 2.57. The lowest BCUT2D eigenvalue weighted by atomic mass is 9.54. The van der Waals surface area contributed by atoms with E-state index >= 15 is 0 Å². The maximum absolute atomic E-state index is 13.9. The summed E-state index contributed by atoms with van der Waals surface area (Å²) in [5, 5.41) is 50.6. The SMILES string of the molecule is C[C@@H]1c2c(CSC(F)(F)C(F)(F)F)ccc(O)c2C(O)=C2C(=O)[C@@]3(O)C(O)=C(C(N)=O)C(=O)[C@H](N(C)C)[C@H]3C(O)[C@H]21. The van der Waals surface area contributed by atoms with Gasteiger partial charge in [0.25, 0.3) is 5.91 Å². The van der Waals surface area contributed by atoms with Crippen molar-refractivity contribution in [2.24, 2.45) is 17.6 Å². The number of primary amides is 1. The first-order valence-electron chi connectivity index (χ1n) is 12.0. The lowest BCUT2D eigenvalue weighted by molar-refractivity contribution is -0.237. The summed E-state index contributed by atoms with van der Waals surface area (Å²) in [6.07, 6.45) is -7.83. The molecule has 3 aliphatic carbocycles. The van der Waals surface area contributed by atoms with E-state index < -0.39 is 116 Å². The highest BCUT2D eigenvalue weighted by molar-refractivity contribution is 7.99. The lowest BCUT2D eigenvalue weighted by Gasteiger charge is -2.53. The number of alkyl halides is 5. The van der Waals surface area contributed by atoms with Crippen LogP contribution in [0, 0.1) is 11.8 Å². The molecular formula is C25H25F5N2O8S. The number of benzene rings is 1. The van der Waals surface area contributed by atoms with E-state index in [4.69, 9.17) is 5.73 Å². The second-order valence-corrected chi connectivity index (χ2v) is 11.5. The minimum absolute atomic E-state index is 0.153. The number of phenols is 1. The van der Waals surface area contributed by atoms with Crippen molar-refractivity contribution in [2.75, 3.05) is 14.1 Å². The first-order chi connectivity index (χ1) is 18.7. The number of carbonyl (C=O) groups excluding carboxylic acids is 3. The van der Waals surface area contributed by atoms with Crippen LogP contribution in [0.3, 0.4) is 0 Å². The van der Waals surface area contributed by atoms with E-state index in [1.807, 2.05) is 0 Å². The van der Waals surface area contributed by atoms with Crippen LogP contribution in [0.25, 0.3) is 5.76 Å². The van der Waals surface area contributed by atoms with Gasteiger partial charge in [-0.2, -0.15) is 22.0 Å². The molecule has 1 saturated carbocycles. The predicted molar refractivity (Wildman–Crippen MR) is 133 cm³/mol. The van der Waals surface area contributed by atoms with E-state index in [2.05, 4.69) is 0 Å². The van der Waals surface area contributed by atoms with E-state index in [-0.39, 0.29) is 11.1 Å². The van der Waals surface area contributed by atoms with Gasteiger partial charge in [-0.15, -0.1) is 0 Å². The molecule has 41 heavy (non-hydrogen) atoms. The number of ketones is 2. The lowest BCUT2D eigenvalue weighted by Crippen LogP contribution is -2.70. The Morgan fingerprint density at radius 3 is 2.22 bits per heavy atom. The van der Waals surface area contributed by atoms with Crippen molar-refractivity contribution in [3.63, 3.8) is 0 Å². The number of amides is 1. The summed E-state index contributed by atoms with van der Waals surface area (Å²) in [6.45, 7) is 1.34. The van der Waals surface area contributed by atoms with Crippen LogP contribution in [0.5, 0.6) is 5.75 Å². The number of aliphatic hydroxyl groups excluding tert-OH is 3. The van der Waals surface area contributed by atoms with Gasteiger partial charge in [-0.05, 0) is 37.2 Å². The number of nitrogens with zero attached hydrogens (tertiary/aromatic N) is 1. The van der Waals surface area contributed by atoms with Crippen LogP contribution >= 0.6 is 11.8 Å². The number of fused-ring (bicyclic) bond motifs is 3. The number of halogens is 5. The van der Waals surface area contributed by atoms with Crippen LogP contribution in [0.1, 0.15) is 29.5 Å². The summed E-state index contributed by atoms with van der Waals surface area (Å²) in [6, 6.07) is 0.338. The second kappa shape index (κ2) is 9.68. The largest absolute Gasteiger partial charge is 0.508 e. The van der Waals surface area contributed by atoms with Gasteiger partial charge in [0.1, 0.15) is 22.8 Å². The number of likely N-dealkylation sites (N-methyl/N-ethyl adjacent to an activating group) is 1. The van der Waals surface area contributed by atoms with Crippen molar-refractivity contribution in [2.45, 2.75) is 47.8 Å². The number of phenolic OH excluding ortho intramolecular Hbond substituents is 1. The number of carbonyl (C=O) groups is 3. The third kappa shape index (κ3) is 4.21. The van der Waals surface area contributed by atoms with Crippen molar-refractivity contribution in [3.8, 4) is 5.75 Å². The Hall–Kier alpha value is -3.21. The van der Waals surface area contributed by atoms with Gasteiger partial charge >= 0.3 is 11.4 Å². The van der Waals surface area contributed by atoms with Gasteiger partial charge < -0.3 is 31.3 Å². The number of nitrogens with two attached hydrogens (primary N) is 1. The van der Waals surface area contributed by atoms with Gasteiger partial charge in [0.15, 0.2) is 11.4 Å². The molecule has 1 aromatic carbocycles. The Labute approximate surface area is 232 Å². The molecule has 1 aromatic rings. The monoisotopic (exact) mass is 608 g/mol. The van der Waals surface area contributed by atoms with Crippen molar-refractivity contribution >= 4 is 35.0 Å². The van der Waals surface area contributed by atoms with Crippen molar-refractivity contribution < 1.29 is 61.9 Å². The standard InChI is InChI=1S/C25H25F5N2O8S/c1-7-10-8(6-41-25(29,30)24(26,27)28)4-5-9(33)12(10)17(34)13-11(7)18(35)15-16(32(2)3)19(36)14(22(31)39)21(38)23(15,40)20(13)37/h4-5,7,11,15-16,18,33-35,38,40H,6H2,1-3H3,(H2,31,39)/t7-,11+,15+,16-,18?,23-/m1/s1. The molecule has 0 saturated heterocycles. The average Bonchev–Trinajstić information content (AvgIpc) is 2.84. The average molecular weight is 609 g/mol. The molecule has 1 unspecified atom stereocenters. The van der Waals surface area contributed by atoms with Crippen molar-refractivity contribution in [1.82, 2.24) is 4.90 Å². The number of Topliss-reactive ketones (excluding diaryl/α,β-unsaturated/α-hetero) is 2. The number of hydrogen-bond donors (Lipinski definition) is 6. The van der Waals surface area contributed by atoms with Crippen molar-refractivity contribution in [1.29, 1.82) is 0 Å². The fraction of sp³-hybridized carbons (Fsp3) is 0.480. The molecule has 3 aliphatic rings. The number of aromatic hydroxyl groups is 1. The summed E-state index contributed by atoms with van der Waals surface area (Å²) in [7, 11) is 2.63. The van der Waals surface area contributed by atoms with Crippen LogP contribution in [0.4, 0.5) is 22.0 Å². The van der Waals surface area contributed by atoms with E-state index in [0.717, 1.165) is 17.0 Å². The van der Waals surface area contributed by atoms with E-state index in [9.17, 15) is 61.9 Å². The molecule has 10 nitrogen and oxygen atoms in total. The molecule has 7 N–H and O–H groups in total. The molecule has 0 heterocycles. The van der Waals surface area contributed by atoms with E-state index in [0.29, 0.717) is 0 Å². The fourth-order valence-electron chi connectivity index (χ4n) is 6.16. The molecule has 0 radical (unpaired) electrons. The van der Waals surface area contributed by atoms with Crippen LogP contribution in [-0.2, 0) is 20.1 Å². The summed E-state index contributed by atoms with van der Waals surface area (Å²) in [4.78, 5) is 40.3. The summed E-state index contributed by atoms with van der Waals surface area (Å²) >= 11 is -0.765. The number of hydrogen-bond acceptors (Lipinski definition) is 10. The van der Waals surface area contributed by atoms with Gasteiger partial charge in [0.05, 0.1) is 23.6 Å². The fourth-order valence-corrected chi connectivity index (χ4v) is 6.92. The molecule has 1 fully saturated rings. The van der Waals surface area contributed by atoms with Gasteiger partial charge in [-0.25, -0.2) is 0 Å². The molecule has 16 heteroatoms. The summed E-state index contributed by atoms with van der Waals surface area (Å²) in [5.74, 6) is -12.7. The molecule has 0 aromatic heterocycles. The minimum atomic E-state index is -5.88. The Balaban J connectivity index is 1.96. The number of aliphatic hydroxyl groups is 4. The van der Waals surface area contributed by atoms with E-state index in [1.165, 1.54) is 21.0 Å². The molecule has 6 atom stereocenters. The van der Waals surface area contributed by atoms with Gasteiger partial charge in [-0.3, -0.25) is 19.3 Å². The zero-order chi connectivity index (χ0) is 31.1. The third-order valence-corrected chi connectivity index (χ3v) is 8.99. The smallest absolute Gasteiger partial charge is 0.464 e. The highest BCUT2D eigenvalue weighted by atomic mass is 32.2. The maximum atomic E-state index is 13.9. The maximum Gasteiger partial charge on any atom is 0.464 e. The topological polar surface area (TPSA) is 182 Å². The molecule has 0 aliphatic heterocycles.